The molecule has 0 aliphatic heterocycles. The summed E-state index contributed by atoms with van der Waals surface area (Å²) in [4.78, 5) is 12.1. The Labute approximate surface area is 114 Å². The minimum atomic E-state index is 0.0849. The van der Waals surface area contributed by atoms with Gasteiger partial charge in [-0.25, -0.2) is 9.97 Å². The lowest BCUT2D eigenvalue weighted by Crippen LogP contribution is -2.01. The van der Waals surface area contributed by atoms with Gasteiger partial charge < -0.3 is 5.73 Å². The molecule has 18 heavy (non-hydrogen) atoms. The average Bonchev–Trinajstić information content (AvgIpc) is 2.34. The van der Waals surface area contributed by atoms with Crippen LogP contribution in [0.3, 0.4) is 0 Å². The van der Waals surface area contributed by atoms with Gasteiger partial charge in [0.25, 0.3) is 0 Å². The second-order valence-corrected chi connectivity index (χ2v) is 4.39. The van der Waals surface area contributed by atoms with E-state index in [1.165, 1.54) is 11.8 Å². The number of rotatable bonds is 2. The third-order valence-corrected chi connectivity index (χ3v) is 2.86. The first-order valence-electron chi connectivity index (χ1n) is 5.15. The molecule has 1 aromatic carbocycles. The Balaban J connectivity index is 2.28. The molecule has 0 radical (unpaired) electrons. The lowest BCUT2D eigenvalue weighted by atomic mass is 10.2. The standard InChI is InChI=1S/C12H10Cl2N4/c1-7-2-4-8(5-3-7)16-6-9-12(15)18-11(14)10(13)17-9/h2-6H,1H3,(H2,15,18)/b16-6+. The molecule has 0 atom stereocenters. The second kappa shape index (κ2) is 5.33. The zero-order chi connectivity index (χ0) is 13.1. The zero-order valence-electron chi connectivity index (χ0n) is 9.56. The van der Waals surface area contributed by atoms with E-state index in [0.717, 1.165) is 5.69 Å². The number of aromatic nitrogens is 2. The second-order valence-electron chi connectivity index (χ2n) is 3.67. The number of halogens is 2. The Morgan fingerprint density at radius 1 is 1.11 bits per heavy atom. The van der Waals surface area contributed by atoms with E-state index in [9.17, 15) is 0 Å². The van der Waals surface area contributed by atoms with Crippen LogP contribution in [0.5, 0.6) is 0 Å². The molecule has 2 aromatic rings. The number of hydrogen-bond acceptors (Lipinski definition) is 4. The van der Waals surface area contributed by atoms with Crippen molar-refractivity contribution < 1.29 is 0 Å². The summed E-state index contributed by atoms with van der Waals surface area (Å²) in [5, 5.41) is 0.192. The highest BCUT2D eigenvalue weighted by Crippen LogP contribution is 2.20. The van der Waals surface area contributed by atoms with Crippen molar-refractivity contribution in [2.45, 2.75) is 6.92 Å². The Hall–Kier alpha value is -1.65. The Kier molecular flexibility index (Phi) is 3.79. The van der Waals surface area contributed by atoms with Crippen molar-refractivity contribution in [1.82, 2.24) is 9.97 Å². The van der Waals surface area contributed by atoms with Gasteiger partial charge in [0.15, 0.2) is 16.1 Å². The molecule has 0 aliphatic carbocycles. The molecule has 0 spiro atoms. The van der Waals surface area contributed by atoms with E-state index in [4.69, 9.17) is 28.9 Å². The molecule has 4 nitrogen and oxygen atoms in total. The van der Waals surface area contributed by atoms with Crippen LogP contribution in [-0.2, 0) is 0 Å². The lowest BCUT2D eigenvalue weighted by Gasteiger charge is -2.00. The van der Waals surface area contributed by atoms with Crippen LogP contribution in [0.15, 0.2) is 29.3 Å². The third-order valence-electron chi connectivity index (χ3n) is 2.24. The predicted molar refractivity (Wildman–Crippen MR) is 74.9 cm³/mol. The van der Waals surface area contributed by atoms with Crippen molar-refractivity contribution in [3.8, 4) is 0 Å². The highest BCUT2D eigenvalue weighted by molar-refractivity contribution is 6.40. The van der Waals surface area contributed by atoms with E-state index in [1.807, 2.05) is 31.2 Å². The molecule has 0 unspecified atom stereocenters. The van der Waals surface area contributed by atoms with Gasteiger partial charge in [0.2, 0.25) is 0 Å². The molecule has 0 bridgehead atoms. The van der Waals surface area contributed by atoms with Crippen molar-refractivity contribution >= 4 is 40.9 Å². The van der Waals surface area contributed by atoms with Gasteiger partial charge in [-0.15, -0.1) is 0 Å². The zero-order valence-corrected chi connectivity index (χ0v) is 11.1. The van der Waals surface area contributed by atoms with Gasteiger partial charge in [-0.1, -0.05) is 40.9 Å². The normalized spacial score (nSPS) is 11.1. The molecule has 1 heterocycles. The fourth-order valence-electron chi connectivity index (χ4n) is 1.28. The van der Waals surface area contributed by atoms with Crippen LogP contribution < -0.4 is 5.73 Å². The Morgan fingerprint density at radius 2 is 1.72 bits per heavy atom. The number of nitrogen functional groups attached to an aromatic ring is 1. The first-order chi connectivity index (χ1) is 8.56. The van der Waals surface area contributed by atoms with Crippen molar-refractivity contribution in [1.29, 1.82) is 0 Å². The van der Waals surface area contributed by atoms with Crippen LogP contribution in [0.2, 0.25) is 10.3 Å². The fourth-order valence-corrected chi connectivity index (χ4v) is 1.55. The molecule has 0 saturated carbocycles. The summed E-state index contributed by atoms with van der Waals surface area (Å²) in [7, 11) is 0. The summed E-state index contributed by atoms with van der Waals surface area (Å²) in [6, 6.07) is 7.73. The maximum absolute atomic E-state index is 5.77. The number of aryl methyl sites for hydroxylation is 1. The molecule has 0 fully saturated rings. The largest absolute Gasteiger partial charge is 0.382 e. The van der Waals surface area contributed by atoms with E-state index in [-0.39, 0.29) is 16.1 Å². The van der Waals surface area contributed by atoms with E-state index in [0.29, 0.717) is 5.69 Å². The molecular weight excluding hydrogens is 271 g/mol. The van der Waals surface area contributed by atoms with Gasteiger partial charge in [-0.05, 0) is 19.1 Å². The van der Waals surface area contributed by atoms with Crippen molar-refractivity contribution in [3.63, 3.8) is 0 Å². The van der Waals surface area contributed by atoms with E-state index in [2.05, 4.69) is 15.0 Å². The Bertz CT molecular complexity index is 594. The lowest BCUT2D eigenvalue weighted by molar-refractivity contribution is 1.19. The number of benzene rings is 1. The van der Waals surface area contributed by atoms with Crippen LogP contribution in [0.4, 0.5) is 11.5 Å². The van der Waals surface area contributed by atoms with Crippen LogP contribution in [-0.4, -0.2) is 16.2 Å². The summed E-state index contributed by atoms with van der Waals surface area (Å²) in [5.41, 5.74) is 8.03. The molecular formula is C12H10Cl2N4. The molecule has 0 aliphatic rings. The Morgan fingerprint density at radius 3 is 2.39 bits per heavy atom. The topological polar surface area (TPSA) is 64.2 Å². The van der Waals surface area contributed by atoms with Crippen LogP contribution >= 0.6 is 23.2 Å². The first kappa shape index (κ1) is 12.8. The SMILES string of the molecule is Cc1ccc(/N=C/c2nc(Cl)c(Cl)nc2N)cc1. The summed E-state index contributed by atoms with van der Waals surface area (Å²) in [6.45, 7) is 2.01. The van der Waals surface area contributed by atoms with E-state index < -0.39 is 0 Å². The van der Waals surface area contributed by atoms with Gasteiger partial charge in [0.05, 0.1) is 11.9 Å². The molecule has 2 N–H and O–H groups in total. The van der Waals surface area contributed by atoms with Crippen molar-refractivity contribution in [2.24, 2.45) is 4.99 Å². The van der Waals surface area contributed by atoms with Gasteiger partial charge in [0, 0.05) is 0 Å². The third kappa shape index (κ3) is 2.97. The molecule has 0 amide bonds. The monoisotopic (exact) mass is 280 g/mol. The minimum Gasteiger partial charge on any atom is -0.382 e. The number of anilines is 1. The van der Waals surface area contributed by atoms with Gasteiger partial charge in [0.1, 0.15) is 5.69 Å². The number of aliphatic imine (C=N–C) groups is 1. The van der Waals surface area contributed by atoms with Crippen LogP contribution in [0.25, 0.3) is 0 Å². The van der Waals surface area contributed by atoms with Crippen molar-refractivity contribution in [3.05, 3.63) is 45.8 Å². The smallest absolute Gasteiger partial charge is 0.168 e. The van der Waals surface area contributed by atoms with Gasteiger partial charge in [-0.3, -0.25) is 4.99 Å². The van der Waals surface area contributed by atoms with Crippen LogP contribution in [0.1, 0.15) is 11.3 Å². The first-order valence-corrected chi connectivity index (χ1v) is 5.91. The predicted octanol–water partition coefficient (Wildman–Crippen LogP) is 3.42. The molecule has 2 rings (SSSR count). The number of nitrogens with zero attached hydrogens (tertiary/aromatic N) is 3. The van der Waals surface area contributed by atoms with Gasteiger partial charge in [-0.2, -0.15) is 0 Å². The summed E-state index contributed by atoms with van der Waals surface area (Å²) in [6.07, 6.45) is 1.51. The average molecular weight is 281 g/mol. The van der Waals surface area contributed by atoms with Crippen molar-refractivity contribution in [2.75, 3.05) is 5.73 Å². The quantitative estimate of drug-likeness (QED) is 0.858. The molecule has 0 saturated heterocycles. The summed E-state index contributed by atoms with van der Waals surface area (Å²) >= 11 is 11.5. The van der Waals surface area contributed by atoms with Crippen LogP contribution in [0, 0.1) is 6.92 Å². The minimum absolute atomic E-state index is 0.0849. The van der Waals surface area contributed by atoms with E-state index in [1.54, 1.807) is 0 Å². The molecule has 1 aromatic heterocycles. The maximum atomic E-state index is 5.77. The fraction of sp³-hybridized carbons (Fsp3) is 0.0833. The summed E-state index contributed by atoms with van der Waals surface area (Å²) in [5.74, 6) is 0.195. The van der Waals surface area contributed by atoms with Gasteiger partial charge >= 0.3 is 0 Å². The highest BCUT2D eigenvalue weighted by Gasteiger charge is 2.06. The maximum Gasteiger partial charge on any atom is 0.168 e. The molecule has 6 heteroatoms. The number of hydrogen-bond donors (Lipinski definition) is 1. The molecule has 92 valence electrons. The number of nitrogens with two attached hydrogens (primary N) is 1. The highest BCUT2D eigenvalue weighted by atomic mass is 35.5. The summed E-state index contributed by atoms with van der Waals surface area (Å²) < 4.78 is 0. The van der Waals surface area contributed by atoms with E-state index >= 15 is 0 Å².